The van der Waals surface area contributed by atoms with Crippen LogP contribution in [0.25, 0.3) is 0 Å². The van der Waals surface area contributed by atoms with Gasteiger partial charge in [0.15, 0.2) is 0 Å². The summed E-state index contributed by atoms with van der Waals surface area (Å²) in [5.74, 6) is 0.405. The van der Waals surface area contributed by atoms with Gasteiger partial charge in [-0.1, -0.05) is 18.2 Å². The van der Waals surface area contributed by atoms with Crippen molar-refractivity contribution >= 4 is 0 Å². The van der Waals surface area contributed by atoms with Gasteiger partial charge >= 0.3 is 0 Å². The van der Waals surface area contributed by atoms with Crippen LogP contribution in [0, 0.1) is 0 Å². The number of hydrogen-bond donors (Lipinski definition) is 1. The van der Waals surface area contributed by atoms with E-state index in [-0.39, 0.29) is 11.5 Å². The lowest BCUT2D eigenvalue weighted by Crippen LogP contribution is -2.18. The fraction of sp³-hybridized carbons (Fsp3) is 0.538. The van der Waals surface area contributed by atoms with Crippen LogP contribution in [0.15, 0.2) is 24.3 Å². The maximum atomic E-state index is 9.80. The van der Waals surface area contributed by atoms with Crippen LogP contribution in [0.5, 0.6) is 5.75 Å². The fourth-order valence-electron chi connectivity index (χ4n) is 1.89. The van der Waals surface area contributed by atoms with E-state index in [0.29, 0.717) is 5.75 Å². The number of aromatic hydroxyl groups is 1. The third-order valence-corrected chi connectivity index (χ3v) is 3.02. The maximum absolute atomic E-state index is 9.80. The molecule has 2 heteroatoms. The van der Waals surface area contributed by atoms with Crippen LogP contribution in [0.1, 0.15) is 32.3 Å². The summed E-state index contributed by atoms with van der Waals surface area (Å²) in [4.78, 5) is 0. The Morgan fingerprint density at radius 1 is 1.33 bits per heavy atom. The maximum Gasteiger partial charge on any atom is 0.119 e. The van der Waals surface area contributed by atoms with Crippen molar-refractivity contribution in [1.82, 2.24) is 0 Å². The summed E-state index contributed by atoms with van der Waals surface area (Å²) < 4.78 is 5.67. The van der Waals surface area contributed by atoms with Gasteiger partial charge in [0.2, 0.25) is 0 Å². The lowest BCUT2D eigenvalue weighted by molar-refractivity contribution is 0.0614. The third kappa shape index (κ3) is 2.15. The highest BCUT2D eigenvalue weighted by Crippen LogP contribution is 2.51. The first-order chi connectivity index (χ1) is 7.14. The van der Waals surface area contributed by atoms with Crippen molar-refractivity contribution in [1.29, 1.82) is 0 Å². The molecular weight excluding hydrogens is 188 g/mol. The van der Waals surface area contributed by atoms with Gasteiger partial charge in [-0.2, -0.15) is 0 Å². The van der Waals surface area contributed by atoms with E-state index in [1.165, 1.54) is 0 Å². The summed E-state index contributed by atoms with van der Waals surface area (Å²) in [5, 5.41) is 9.80. The molecule has 0 atom stereocenters. The van der Waals surface area contributed by atoms with Crippen LogP contribution >= 0.6 is 0 Å². The Morgan fingerprint density at radius 3 is 2.53 bits per heavy atom. The van der Waals surface area contributed by atoms with Crippen LogP contribution in [-0.4, -0.2) is 17.8 Å². The van der Waals surface area contributed by atoms with Crippen molar-refractivity contribution in [2.75, 3.05) is 6.61 Å². The highest BCUT2D eigenvalue weighted by Gasteiger charge is 2.46. The molecule has 2 rings (SSSR count). The molecule has 15 heavy (non-hydrogen) atoms. The Bertz CT molecular complexity index is 340. The number of para-hydroxylation sites is 1. The molecule has 0 bridgehead atoms. The summed E-state index contributed by atoms with van der Waals surface area (Å²) in [5.41, 5.74) is 1.14. The molecule has 1 aliphatic rings. The summed E-state index contributed by atoms with van der Waals surface area (Å²) in [6, 6.07) is 7.60. The van der Waals surface area contributed by atoms with Gasteiger partial charge in [0.05, 0.1) is 12.7 Å². The Balaban J connectivity index is 2.13. The second-order valence-corrected chi connectivity index (χ2v) is 4.66. The standard InChI is InChI=1S/C13H18O2/c1-10(2)15-9-13(7-8-13)11-5-3-4-6-12(11)14/h3-6,10,14H,7-9H2,1-2H3. The largest absolute Gasteiger partial charge is 0.508 e. The van der Waals surface area contributed by atoms with Crippen molar-refractivity contribution in [3.05, 3.63) is 29.8 Å². The molecular formula is C13H18O2. The van der Waals surface area contributed by atoms with Crippen molar-refractivity contribution in [3.8, 4) is 5.75 Å². The molecule has 1 fully saturated rings. The first kappa shape index (κ1) is 10.5. The van der Waals surface area contributed by atoms with Crippen LogP contribution < -0.4 is 0 Å². The molecule has 0 aliphatic heterocycles. The lowest BCUT2D eigenvalue weighted by atomic mass is 9.96. The minimum Gasteiger partial charge on any atom is -0.508 e. The van der Waals surface area contributed by atoms with Crippen molar-refractivity contribution in [2.45, 2.75) is 38.2 Å². The van der Waals surface area contributed by atoms with Crippen molar-refractivity contribution < 1.29 is 9.84 Å². The minimum absolute atomic E-state index is 0.0929. The molecule has 0 spiro atoms. The second-order valence-electron chi connectivity index (χ2n) is 4.66. The van der Waals surface area contributed by atoms with Crippen LogP contribution in [0.3, 0.4) is 0 Å². The van der Waals surface area contributed by atoms with Gasteiger partial charge in [-0.05, 0) is 32.8 Å². The van der Waals surface area contributed by atoms with Gasteiger partial charge in [-0.15, -0.1) is 0 Å². The molecule has 0 unspecified atom stereocenters. The van der Waals surface area contributed by atoms with Crippen molar-refractivity contribution in [2.24, 2.45) is 0 Å². The highest BCUT2D eigenvalue weighted by atomic mass is 16.5. The topological polar surface area (TPSA) is 29.5 Å². The zero-order valence-electron chi connectivity index (χ0n) is 9.36. The van der Waals surface area contributed by atoms with E-state index in [1.807, 2.05) is 32.0 Å². The average molecular weight is 206 g/mol. The molecule has 1 aromatic carbocycles. The molecule has 0 heterocycles. The molecule has 0 amide bonds. The normalized spacial score (nSPS) is 18.1. The molecule has 82 valence electrons. The molecule has 1 aromatic rings. The minimum atomic E-state index is 0.0929. The van der Waals surface area contributed by atoms with Gasteiger partial charge < -0.3 is 9.84 Å². The van der Waals surface area contributed by atoms with Crippen LogP contribution in [0.4, 0.5) is 0 Å². The van der Waals surface area contributed by atoms with Crippen molar-refractivity contribution in [3.63, 3.8) is 0 Å². The summed E-state index contributed by atoms with van der Waals surface area (Å²) in [6.45, 7) is 4.81. The quantitative estimate of drug-likeness (QED) is 0.820. The Kier molecular flexibility index (Phi) is 2.70. The van der Waals surface area contributed by atoms with Gasteiger partial charge in [-0.25, -0.2) is 0 Å². The predicted molar refractivity (Wildman–Crippen MR) is 60.1 cm³/mol. The van der Waals surface area contributed by atoms with Gasteiger partial charge in [-0.3, -0.25) is 0 Å². The predicted octanol–water partition coefficient (Wildman–Crippen LogP) is 2.85. The Labute approximate surface area is 90.9 Å². The smallest absolute Gasteiger partial charge is 0.119 e. The average Bonchev–Trinajstić information content (AvgIpc) is 2.97. The Morgan fingerprint density at radius 2 is 2.00 bits per heavy atom. The third-order valence-electron chi connectivity index (χ3n) is 3.02. The molecule has 0 radical (unpaired) electrons. The summed E-state index contributed by atoms with van der Waals surface area (Å²) >= 11 is 0. The van der Waals surface area contributed by atoms with Crippen LogP contribution in [0.2, 0.25) is 0 Å². The van der Waals surface area contributed by atoms with Gasteiger partial charge in [0.25, 0.3) is 0 Å². The van der Waals surface area contributed by atoms with E-state index in [9.17, 15) is 5.11 Å². The number of ether oxygens (including phenoxy) is 1. The summed E-state index contributed by atoms with van der Waals surface area (Å²) in [7, 11) is 0. The van der Waals surface area contributed by atoms with Crippen LogP contribution in [-0.2, 0) is 10.2 Å². The van der Waals surface area contributed by atoms with E-state index in [4.69, 9.17) is 4.74 Å². The number of phenolic OH excluding ortho intramolecular Hbond substituents is 1. The number of hydrogen-bond acceptors (Lipinski definition) is 2. The first-order valence-electron chi connectivity index (χ1n) is 5.54. The number of phenols is 1. The molecule has 1 N–H and O–H groups in total. The SMILES string of the molecule is CC(C)OCC1(c2ccccc2O)CC1. The molecule has 0 aromatic heterocycles. The Hall–Kier alpha value is -1.02. The second kappa shape index (κ2) is 3.86. The zero-order valence-corrected chi connectivity index (χ0v) is 9.36. The van der Waals surface area contributed by atoms with E-state index in [0.717, 1.165) is 25.0 Å². The van der Waals surface area contributed by atoms with Gasteiger partial charge in [0, 0.05) is 11.0 Å². The van der Waals surface area contributed by atoms with E-state index >= 15 is 0 Å². The lowest BCUT2D eigenvalue weighted by Gasteiger charge is -2.18. The monoisotopic (exact) mass is 206 g/mol. The molecule has 1 aliphatic carbocycles. The van der Waals surface area contributed by atoms with E-state index < -0.39 is 0 Å². The highest BCUT2D eigenvalue weighted by molar-refractivity contribution is 5.42. The first-order valence-corrected chi connectivity index (χ1v) is 5.54. The molecule has 2 nitrogen and oxygen atoms in total. The van der Waals surface area contributed by atoms with E-state index in [2.05, 4.69) is 0 Å². The van der Waals surface area contributed by atoms with E-state index in [1.54, 1.807) is 6.07 Å². The number of benzene rings is 1. The molecule has 0 saturated heterocycles. The van der Waals surface area contributed by atoms with Gasteiger partial charge in [0.1, 0.15) is 5.75 Å². The fourth-order valence-corrected chi connectivity index (χ4v) is 1.89. The zero-order chi connectivity index (χ0) is 10.9. The summed E-state index contributed by atoms with van der Waals surface area (Å²) in [6.07, 6.45) is 2.50. The number of rotatable bonds is 4. The molecule has 1 saturated carbocycles.